The Balaban J connectivity index is 1.84. The zero-order valence-corrected chi connectivity index (χ0v) is 15.2. The maximum absolute atomic E-state index is 3.67. The van der Waals surface area contributed by atoms with Gasteiger partial charge < -0.3 is 9.88 Å². The van der Waals surface area contributed by atoms with Gasteiger partial charge in [0.05, 0.1) is 16.7 Å². The maximum atomic E-state index is 3.67. The van der Waals surface area contributed by atoms with E-state index in [1.165, 1.54) is 33.1 Å². The van der Waals surface area contributed by atoms with Crippen molar-refractivity contribution in [3.63, 3.8) is 0 Å². The first-order chi connectivity index (χ1) is 13.3. The Hall–Kier alpha value is -3.52. The molecule has 2 heteroatoms. The lowest BCUT2D eigenvalue weighted by atomic mass is 10.1. The lowest BCUT2D eigenvalue weighted by Gasteiger charge is -2.14. The van der Waals surface area contributed by atoms with Crippen LogP contribution in [0.1, 0.15) is 5.56 Å². The Labute approximate surface area is 158 Å². The average molecular weight is 348 g/mol. The van der Waals surface area contributed by atoms with Crippen molar-refractivity contribution in [2.24, 2.45) is 0 Å². The molecule has 0 spiro atoms. The Kier molecular flexibility index (Phi) is 3.68. The summed E-state index contributed by atoms with van der Waals surface area (Å²) in [5.74, 6) is 0. The van der Waals surface area contributed by atoms with E-state index in [-0.39, 0.29) is 0 Å². The summed E-state index contributed by atoms with van der Waals surface area (Å²) in [4.78, 5) is 0. The Morgan fingerprint density at radius 2 is 1.26 bits per heavy atom. The summed E-state index contributed by atoms with van der Waals surface area (Å²) >= 11 is 0. The highest BCUT2D eigenvalue weighted by molar-refractivity contribution is 6.13. The van der Waals surface area contributed by atoms with Crippen LogP contribution in [0.15, 0.2) is 97.1 Å². The van der Waals surface area contributed by atoms with E-state index in [0.29, 0.717) is 0 Å². The number of benzene rings is 4. The molecular formula is C25H20N2. The summed E-state index contributed by atoms with van der Waals surface area (Å²) in [5, 5.41) is 6.19. The van der Waals surface area contributed by atoms with E-state index in [1.807, 2.05) is 0 Å². The van der Waals surface area contributed by atoms with Crippen molar-refractivity contribution < 1.29 is 0 Å². The van der Waals surface area contributed by atoms with Crippen molar-refractivity contribution in [3.05, 3.63) is 103 Å². The normalized spacial score (nSPS) is 11.1. The van der Waals surface area contributed by atoms with Crippen LogP contribution in [0.25, 0.3) is 27.5 Å². The van der Waals surface area contributed by atoms with Crippen molar-refractivity contribution in [3.8, 4) is 5.69 Å². The van der Waals surface area contributed by atoms with Gasteiger partial charge in [-0.2, -0.15) is 0 Å². The summed E-state index contributed by atoms with van der Waals surface area (Å²) in [6, 6.07) is 34.1. The average Bonchev–Trinajstić information content (AvgIpc) is 3.06. The van der Waals surface area contributed by atoms with E-state index in [0.717, 1.165) is 11.4 Å². The van der Waals surface area contributed by atoms with Gasteiger partial charge in [-0.15, -0.1) is 0 Å². The second-order valence-corrected chi connectivity index (χ2v) is 6.83. The quantitative estimate of drug-likeness (QED) is 0.378. The van der Waals surface area contributed by atoms with Crippen LogP contribution in [0.3, 0.4) is 0 Å². The van der Waals surface area contributed by atoms with Crippen LogP contribution in [0, 0.1) is 6.92 Å². The molecule has 27 heavy (non-hydrogen) atoms. The summed E-state index contributed by atoms with van der Waals surface area (Å²) < 4.78 is 2.35. The number of nitrogens with one attached hydrogen (secondary N) is 1. The molecule has 0 atom stereocenters. The van der Waals surface area contributed by atoms with Gasteiger partial charge in [0.15, 0.2) is 0 Å². The van der Waals surface area contributed by atoms with Crippen LogP contribution in [0.2, 0.25) is 0 Å². The van der Waals surface area contributed by atoms with E-state index < -0.39 is 0 Å². The van der Waals surface area contributed by atoms with Gasteiger partial charge in [0.25, 0.3) is 0 Å². The molecule has 0 amide bonds. The van der Waals surface area contributed by atoms with Crippen LogP contribution in [-0.2, 0) is 0 Å². The van der Waals surface area contributed by atoms with Crippen molar-refractivity contribution in [2.45, 2.75) is 6.92 Å². The van der Waals surface area contributed by atoms with E-state index in [9.17, 15) is 0 Å². The number of para-hydroxylation sites is 4. The lowest BCUT2D eigenvalue weighted by Crippen LogP contribution is -1.98. The topological polar surface area (TPSA) is 17.0 Å². The van der Waals surface area contributed by atoms with Gasteiger partial charge in [-0.25, -0.2) is 0 Å². The van der Waals surface area contributed by atoms with Crippen LogP contribution < -0.4 is 5.32 Å². The van der Waals surface area contributed by atoms with Crippen molar-refractivity contribution in [1.29, 1.82) is 0 Å². The molecule has 0 aliphatic rings. The van der Waals surface area contributed by atoms with E-state index in [4.69, 9.17) is 0 Å². The SMILES string of the molecule is Cc1ccccc1Nc1cccc2c3ccccc3n(-c3ccccc3)c12. The van der Waals surface area contributed by atoms with Crippen LogP contribution in [-0.4, -0.2) is 4.57 Å². The molecule has 0 radical (unpaired) electrons. The van der Waals surface area contributed by atoms with Crippen molar-refractivity contribution >= 4 is 33.2 Å². The molecule has 0 bridgehead atoms. The predicted octanol–water partition coefficient (Wildman–Crippen LogP) is 6.84. The Morgan fingerprint density at radius 3 is 2.11 bits per heavy atom. The molecule has 0 aliphatic heterocycles. The highest BCUT2D eigenvalue weighted by Gasteiger charge is 2.15. The number of fused-ring (bicyclic) bond motifs is 3. The number of hydrogen-bond acceptors (Lipinski definition) is 1. The third-order valence-electron chi connectivity index (χ3n) is 5.12. The molecule has 0 fully saturated rings. The monoisotopic (exact) mass is 348 g/mol. The third kappa shape index (κ3) is 2.58. The predicted molar refractivity (Wildman–Crippen MR) is 115 cm³/mol. The molecule has 5 aromatic rings. The Morgan fingerprint density at radius 1 is 0.593 bits per heavy atom. The largest absolute Gasteiger partial charge is 0.354 e. The molecule has 0 saturated heterocycles. The van der Waals surface area contributed by atoms with E-state index in [1.54, 1.807) is 0 Å². The minimum absolute atomic E-state index is 1.11. The fourth-order valence-corrected chi connectivity index (χ4v) is 3.82. The molecule has 1 N–H and O–H groups in total. The molecule has 5 rings (SSSR count). The molecule has 1 heterocycles. The fraction of sp³-hybridized carbons (Fsp3) is 0.0400. The molecule has 2 nitrogen and oxygen atoms in total. The standard InChI is InChI=1S/C25H20N2/c1-18-10-5-7-15-22(18)26-23-16-9-14-21-20-13-6-8-17-24(20)27(25(21)23)19-11-3-2-4-12-19/h2-17,26H,1H3. The zero-order chi connectivity index (χ0) is 18.2. The van der Waals surface area contributed by atoms with Gasteiger partial charge in [-0.05, 0) is 42.8 Å². The van der Waals surface area contributed by atoms with Gasteiger partial charge in [-0.1, -0.05) is 66.7 Å². The summed E-state index contributed by atoms with van der Waals surface area (Å²) in [6.45, 7) is 2.13. The van der Waals surface area contributed by atoms with Gasteiger partial charge in [0.2, 0.25) is 0 Å². The zero-order valence-electron chi connectivity index (χ0n) is 15.2. The summed E-state index contributed by atoms with van der Waals surface area (Å²) in [6.07, 6.45) is 0. The lowest BCUT2D eigenvalue weighted by molar-refractivity contribution is 1.18. The number of aromatic nitrogens is 1. The van der Waals surface area contributed by atoms with E-state index in [2.05, 4.69) is 114 Å². The van der Waals surface area contributed by atoms with Crippen molar-refractivity contribution in [2.75, 3.05) is 5.32 Å². The molecule has 0 saturated carbocycles. The van der Waals surface area contributed by atoms with E-state index >= 15 is 0 Å². The van der Waals surface area contributed by atoms with Crippen LogP contribution >= 0.6 is 0 Å². The molecule has 0 unspecified atom stereocenters. The highest BCUT2D eigenvalue weighted by Crippen LogP contribution is 2.37. The maximum Gasteiger partial charge on any atom is 0.0776 e. The van der Waals surface area contributed by atoms with Gasteiger partial charge in [0.1, 0.15) is 0 Å². The van der Waals surface area contributed by atoms with Gasteiger partial charge in [-0.3, -0.25) is 0 Å². The number of hydrogen-bond donors (Lipinski definition) is 1. The second-order valence-electron chi connectivity index (χ2n) is 6.83. The highest BCUT2D eigenvalue weighted by atomic mass is 15.0. The number of rotatable bonds is 3. The third-order valence-corrected chi connectivity index (χ3v) is 5.12. The minimum Gasteiger partial charge on any atom is -0.354 e. The minimum atomic E-state index is 1.11. The first-order valence-corrected chi connectivity index (χ1v) is 9.23. The molecule has 4 aromatic carbocycles. The smallest absolute Gasteiger partial charge is 0.0776 e. The Bertz CT molecular complexity index is 1250. The molecule has 1 aromatic heterocycles. The van der Waals surface area contributed by atoms with Crippen LogP contribution in [0.5, 0.6) is 0 Å². The number of aryl methyl sites for hydroxylation is 1. The number of nitrogens with zero attached hydrogens (tertiary/aromatic N) is 1. The van der Waals surface area contributed by atoms with Gasteiger partial charge >= 0.3 is 0 Å². The van der Waals surface area contributed by atoms with Crippen LogP contribution in [0.4, 0.5) is 11.4 Å². The first kappa shape index (κ1) is 15.7. The molecular weight excluding hydrogens is 328 g/mol. The summed E-state index contributed by atoms with van der Waals surface area (Å²) in [7, 11) is 0. The number of anilines is 2. The molecule has 130 valence electrons. The fourth-order valence-electron chi connectivity index (χ4n) is 3.82. The second kappa shape index (κ2) is 6.33. The van der Waals surface area contributed by atoms with Crippen molar-refractivity contribution in [1.82, 2.24) is 4.57 Å². The summed E-state index contributed by atoms with van der Waals surface area (Å²) in [5.41, 5.74) is 7.07. The van der Waals surface area contributed by atoms with Gasteiger partial charge in [0, 0.05) is 22.1 Å². The molecule has 0 aliphatic carbocycles. The first-order valence-electron chi connectivity index (χ1n) is 9.23.